The first-order valence-electron chi connectivity index (χ1n) is 7.66. The first kappa shape index (κ1) is 14.4. The van der Waals surface area contributed by atoms with Crippen LogP contribution in [0.1, 0.15) is 28.4 Å². The molecule has 2 heterocycles. The van der Waals surface area contributed by atoms with E-state index < -0.39 is 6.10 Å². The van der Waals surface area contributed by atoms with Crippen LogP contribution in [0, 0.1) is 0 Å². The third kappa shape index (κ3) is 2.50. The Morgan fingerprint density at radius 3 is 2.83 bits per heavy atom. The largest absolute Gasteiger partial charge is 0.453 e. The standard InChI is InChI=1S/C19H14N2O3/c22-17(11-16-13-7-1-2-8-14(13)19(23)24-16)21-15-9-3-5-12-6-4-10-20-18(12)15/h1-10,16H,11H2,(H,21,22). The number of carbonyl (C=O) groups excluding carboxylic acids is 2. The molecule has 0 fully saturated rings. The fourth-order valence-electron chi connectivity index (χ4n) is 2.95. The maximum atomic E-state index is 12.4. The quantitative estimate of drug-likeness (QED) is 0.751. The van der Waals surface area contributed by atoms with Gasteiger partial charge in [0.1, 0.15) is 6.10 Å². The van der Waals surface area contributed by atoms with E-state index >= 15 is 0 Å². The number of esters is 1. The number of cyclic esters (lactones) is 1. The van der Waals surface area contributed by atoms with Crippen LogP contribution in [-0.4, -0.2) is 16.9 Å². The molecule has 0 saturated heterocycles. The monoisotopic (exact) mass is 318 g/mol. The van der Waals surface area contributed by atoms with Gasteiger partial charge in [-0.15, -0.1) is 0 Å². The summed E-state index contributed by atoms with van der Waals surface area (Å²) in [6.45, 7) is 0. The average molecular weight is 318 g/mol. The highest BCUT2D eigenvalue weighted by molar-refractivity contribution is 6.01. The number of carbonyl (C=O) groups is 2. The summed E-state index contributed by atoms with van der Waals surface area (Å²) in [4.78, 5) is 28.5. The lowest BCUT2D eigenvalue weighted by Crippen LogP contribution is -2.16. The van der Waals surface area contributed by atoms with E-state index in [0.717, 1.165) is 16.5 Å². The molecule has 4 rings (SSSR count). The van der Waals surface area contributed by atoms with Crippen LogP contribution in [0.15, 0.2) is 60.8 Å². The number of para-hydroxylation sites is 1. The summed E-state index contributed by atoms with van der Waals surface area (Å²) in [5.74, 6) is -0.599. The van der Waals surface area contributed by atoms with E-state index in [1.165, 1.54) is 0 Å². The number of nitrogens with zero attached hydrogens (tertiary/aromatic N) is 1. The average Bonchev–Trinajstić information content (AvgIpc) is 2.91. The molecule has 0 radical (unpaired) electrons. The molecule has 1 amide bonds. The summed E-state index contributed by atoms with van der Waals surface area (Å²) >= 11 is 0. The molecule has 0 aliphatic carbocycles. The summed E-state index contributed by atoms with van der Waals surface area (Å²) in [6.07, 6.45) is 1.22. The highest BCUT2D eigenvalue weighted by Gasteiger charge is 2.32. The fraction of sp³-hybridized carbons (Fsp3) is 0.105. The van der Waals surface area contributed by atoms with Gasteiger partial charge in [0.2, 0.25) is 5.91 Å². The van der Waals surface area contributed by atoms with E-state index in [0.29, 0.717) is 11.3 Å². The predicted molar refractivity (Wildman–Crippen MR) is 89.6 cm³/mol. The van der Waals surface area contributed by atoms with Gasteiger partial charge in [0.05, 0.1) is 23.2 Å². The Hall–Kier alpha value is -3.21. The molecule has 5 heteroatoms. The van der Waals surface area contributed by atoms with Gasteiger partial charge in [-0.05, 0) is 18.2 Å². The van der Waals surface area contributed by atoms with E-state index in [9.17, 15) is 9.59 Å². The molecule has 24 heavy (non-hydrogen) atoms. The summed E-state index contributed by atoms with van der Waals surface area (Å²) in [5.41, 5.74) is 2.67. The highest BCUT2D eigenvalue weighted by atomic mass is 16.5. The Balaban J connectivity index is 1.55. The molecule has 5 nitrogen and oxygen atoms in total. The second-order valence-electron chi connectivity index (χ2n) is 5.61. The van der Waals surface area contributed by atoms with Crippen molar-refractivity contribution in [1.29, 1.82) is 0 Å². The van der Waals surface area contributed by atoms with Crippen molar-refractivity contribution < 1.29 is 14.3 Å². The zero-order valence-electron chi connectivity index (χ0n) is 12.7. The molecule has 0 spiro atoms. The van der Waals surface area contributed by atoms with Crippen LogP contribution in [0.2, 0.25) is 0 Å². The lowest BCUT2D eigenvalue weighted by Gasteiger charge is -2.12. The third-order valence-corrected chi connectivity index (χ3v) is 4.05. The summed E-state index contributed by atoms with van der Waals surface area (Å²) in [5, 5.41) is 3.82. The number of hydrogen-bond acceptors (Lipinski definition) is 4. The number of amides is 1. The lowest BCUT2D eigenvalue weighted by molar-refractivity contribution is -0.118. The van der Waals surface area contributed by atoms with Crippen molar-refractivity contribution in [2.45, 2.75) is 12.5 Å². The number of rotatable bonds is 3. The zero-order chi connectivity index (χ0) is 16.5. The second-order valence-corrected chi connectivity index (χ2v) is 5.61. The van der Waals surface area contributed by atoms with Gasteiger partial charge >= 0.3 is 5.97 Å². The Kier molecular flexibility index (Phi) is 3.46. The van der Waals surface area contributed by atoms with Gasteiger partial charge in [-0.2, -0.15) is 0 Å². The zero-order valence-corrected chi connectivity index (χ0v) is 12.7. The number of ether oxygens (including phenoxy) is 1. The van der Waals surface area contributed by atoms with Crippen molar-refractivity contribution in [3.63, 3.8) is 0 Å². The number of fused-ring (bicyclic) bond motifs is 2. The first-order valence-corrected chi connectivity index (χ1v) is 7.66. The van der Waals surface area contributed by atoms with E-state index in [2.05, 4.69) is 10.3 Å². The highest BCUT2D eigenvalue weighted by Crippen LogP contribution is 2.33. The van der Waals surface area contributed by atoms with Crippen molar-refractivity contribution in [1.82, 2.24) is 4.98 Å². The van der Waals surface area contributed by atoms with Crippen LogP contribution >= 0.6 is 0 Å². The van der Waals surface area contributed by atoms with E-state index in [-0.39, 0.29) is 18.3 Å². The number of anilines is 1. The van der Waals surface area contributed by atoms with Crippen molar-refractivity contribution in [2.75, 3.05) is 5.32 Å². The fourth-order valence-corrected chi connectivity index (χ4v) is 2.95. The van der Waals surface area contributed by atoms with Crippen molar-refractivity contribution in [3.8, 4) is 0 Å². The van der Waals surface area contributed by atoms with Gasteiger partial charge in [-0.25, -0.2) is 4.79 Å². The molecular weight excluding hydrogens is 304 g/mol. The van der Waals surface area contributed by atoms with Crippen LogP contribution in [0.25, 0.3) is 10.9 Å². The molecule has 118 valence electrons. The first-order chi connectivity index (χ1) is 11.7. The number of hydrogen-bond donors (Lipinski definition) is 1. The molecule has 1 aliphatic heterocycles. The van der Waals surface area contributed by atoms with Crippen LogP contribution in [-0.2, 0) is 9.53 Å². The molecule has 1 aromatic heterocycles. The second kappa shape index (κ2) is 5.77. The molecule has 1 N–H and O–H groups in total. The minimum Gasteiger partial charge on any atom is -0.453 e. The number of nitrogens with one attached hydrogen (secondary N) is 1. The van der Waals surface area contributed by atoms with Crippen LogP contribution in [0.3, 0.4) is 0 Å². The van der Waals surface area contributed by atoms with Gasteiger partial charge in [0.15, 0.2) is 0 Å². The SMILES string of the molecule is O=C(CC1OC(=O)c2ccccc21)Nc1cccc2cccnc12. The number of benzene rings is 2. The molecule has 1 aliphatic rings. The number of pyridine rings is 1. The van der Waals surface area contributed by atoms with Gasteiger partial charge in [-0.1, -0.05) is 36.4 Å². The molecular formula is C19H14N2O3. The van der Waals surface area contributed by atoms with Crippen molar-refractivity contribution >= 4 is 28.5 Å². The smallest absolute Gasteiger partial charge is 0.339 e. The third-order valence-electron chi connectivity index (χ3n) is 4.05. The predicted octanol–water partition coefficient (Wildman–Crippen LogP) is 3.48. The number of aromatic nitrogens is 1. The minimum absolute atomic E-state index is 0.0754. The Morgan fingerprint density at radius 1 is 1.08 bits per heavy atom. The minimum atomic E-state index is -0.545. The van der Waals surface area contributed by atoms with Gasteiger partial charge in [-0.3, -0.25) is 9.78 Å². The van der Waals surface area contributed by atoms with Crippen LogP contribution in [0.5, 0.6) is 0 Å². The Bertz CT molecular complexity index is 947. The molecule has 0 bridgehead atoms. The molecule has 3 aromatic rings. The van der Waals surface area contributed by atoms with Crippen molar-refractivity contribution in [2.24, 2.45) is 0 Å². The van der Waals surface area contributed by atoms with E-state index in [4.69, 9.17) is 4.74 Å². The summed E-state index contributed by atoms with van der Waals surface area (Å²) < 4.78 is 5.31. The normalized spacial score (nSPS) is 15.8. The van der Waals surface area contributed by atoms with E-state index in [1.807, 2.05) is 42.5 Å². The maximum Gasteiger partial charge on any atom is 0.339 e. The lowest BCUT2D eigenvalue weighted by atomic mass is 10.0. The van der Waals surface area contributed by atoms with Crippen molar-refractivity contribution in [3.05, 3.63) is 71.9 Å². The van der Waals surface area contributed by atoms with Gasteiger partial charge < -0.3 is 10.1 Å². The van der Waals surface area contributed by atoms with Crippen LogP contribution in [0.4, 0.5) is 5.69 Å². The molecule has 0 saturated carbocycles. The maximum absolute atomic E-state index is 12.4. The Labute approximate surface area is 138 Å². The Morgan fingerprint density at radius 2 is 1.92 bits per heavy atom. The summed E-state index contributed by atoms with van der Waals surface area (Å²) in [6, 6.07) is 16.5. The molecule has 1 unspecified atom stereocenters. The molecule has 2 aromatic carbocycles. The van der Waals surface area contributed by atoms with Gasteiger partial charge in [0, 0.05) is 17.1 Å². The van der Waals surface area contributed by atoms with Gasteiger partial charge in [0.25, 0.3) is 0 Å². The van der Waals surface area contributed by atoms with Crippen LogP contribution < -0.4 is 5.32 Å². The van der Waals surface area contributed by atoms with E-state index in [1.54, 1.807) is 18.3 Å². The summed E-state index contributed by atoms with van der Waals surface area (Å²) in [7, 11) is 0. The molecule has 1 atom stereocenters. The topological polar surface area (TPSA) is 68.3 Å².